The van der Waals surface area contributed by atoms with E-state index in [-0.39, 0.29) is 23.4 Å². The van der Waals surface area contributed by atoms with Gasteiger partial charge in [-0.15, -0.1) is 0 Å². The first-order chi connectivity index (χ1) is 9.56. The normalized spacial score (nSPS) is 31.2. The zero-order chi connectivity index (χ0) is 14.3. The molecule has 2 aliphatic carbocycles. The van der Waals surface area contributed by atoms with Crippen LogP contribution in [0.25, 0.3) is 0 Å². The smallest absolute Gasteiger partial charge is 0.308 e. The van der Waals surface area contributed by atoms with E-state index in [0.717, 1.165) is 25.3 Å². The maximum Gasteiger partial charge on any atom is 0.308 e. The molecule has 2 fully saturated rings. The van der Waals surface area contributed by atoms with Crippen molar-refractivity contribution in [2.75, 3.05) is 0 Å². The fourth-order valence-corrected chi connectivity index (χ4v) is 3.63. The van der Waals surface area contributed by atoms with E-state index < -0.39 is 23.7 Å². The lowest BCUT2D eigenvalue weighted by molar-refractivity contribution is -0.144. The van der Waals surface area contributed by atoms with E-state index in [1.54, 1.807) is 0 Å². The van der Waals surface area contributed by atoms with Crippen LogP contribution in [-0.4, -0.2) is 28.0 Å². The van der Waals surface area contributed by atoms with Crippen LogP contribution in [0.1, 0.15) is 29.6 Å². The molecular formula is C14H15FN2O3. The number of carboxylic acids is 1. The Balaban J connectivity index is 1.77. The number of amides is 1. The van der Waals surface area contributed by atoms with Gasteiger partial charge in [-0.05, 0) is 37.2 Å². The molecule has 3 rings (SSSR count). The van der Waals surface area contributed by atoms with Gasteiger partial charge in [0.05, 0.1) is 5.92 Å². The summed E-state index contributed by atoms with van der Waals surface area (Å²) < 4.78 is 13.0. The van der Waals surface area contributed by atoms with Crippen molar-refractivity contribution < 1.29 is 19.1 Å². The predicted octanol–water partition coefficient (Wildman–Crippen LogP) is 1.45. The number of carboxylic acid groups (broad SMARTS) is 1. The standard InChI is InChI=1S/C14H15FN2O3/c15-10-6-9(3-4-16-10)13(18)17-12-8-2-1-7(5-8)11(12)14(19)20/h3-4,6-8,11-12H,1-2,5H2,(H,17,18)(H,19,20). The van der Waals surface area contributed by atoms with Crippen LogP contribution in [0.5, 0.6) is 0 Å². The van der Waals surface area contributed by atoms with Crippen molar-refractivity contribution in [3.05, 3.63) is 29.8 Å². The topological polar surface area (TPSA) is 79.3 Å². The molecule has 106 valence electrons. The monoisotopic (exact) mass is 278 g/mol. The summed E-state index contributed by atoms with van der Waals surface area (Å²) in [5.41, 5.74) is 0.171. The van der Waals surface area contributed by atoms with E-state index in [2.05, 4.69) is 10.3 Å². The molecule has 2 bridgehead atoms. The van der Waals surface area contributed by atoms with Crippen molar-refractivity contribution in [1.82, 2.24) is 10.3 Å². The number of carbonyl (C=O) groups is 2. The molecule has 0 spiro atoms. The summed E-state index contributed by atoms with van der Waals surface area (Å²) in [5, 5.41) is 12.1. The van der Waals surface area contributed by atoms with Gasteiger partial charge in [-0.2, -0.15) is 4.39 Å². The fraction of sp³-hybridized carbons (Fsp3) is 0.500. The molecule has 1 aromatic rings. The number of halogens is 1. The number of nitrogens with one attached hydrogen (secondary N) is 1. The van der Waals surface area contributed by atoms with Gasteiger partial charge in [0.25, 0.3) is 5.91 Å². The lowest BCUT2D eigenvalue weighted by Crippen LogP contribution is -2.46. The SMILES string of the molecule is O=C(NC1C2CCC(C2)C1C(=O)O)c1ccnc(F)c1. The number of aromatic nitrogens is 1. The second-order valence-electron chi connectivity index (χ2n) is 5.56. The molecule has 0 aliphatic heterocycles. The Labute approximate surface area is 115 Å². The van der Waals surface area contributed by atoms with Crippen LogP contribution >= 0.6 is 0 Å². The molecule has 2 aliphatic rings. The molecule has 20 heavy (non-hydrogen) atoms. The molecule has 1 aromatic heterocycles. The molecular weight excluding hydrogens is 263 g/mol. The second kappa shape index (κ2) is 4.85. The Kier molecular flexibility index (Phi) is 3.16. The molecule has 0 radical (unpaired) electrons. The number of hydrogen-bond donors (Lipinski definition) is 2. The Morgan fingerprint density at radius 1 is 1.35 bits per heavy atom. The fourth-order valence-electron chi connectivity index (χ4n) is 3.63. The maximum atomic E-state index is 13.0. The minimum absolute atomic E-state index is 0.150. The predicted molar refractivity (Wildman–Crippen MR) is 67.4 cm³/mol. The zero-order valence-electron chi connectivity index (χ0n) is 10.8. The van der Waals surface area contributed by atoms with Gasteiger partial charge < -0.3 is 10.4 Å². The highest BCUT2D eigenvalue weighted by Crippen LogP contribution is 2.48. The van der Waals surface area contributed by atoms with Crippen molar-refractivity contribution in [2.24, 2.45) is 17.8 Å². The summed E-state index contributed by atoms with van der Waals surface area (Å²) in [6, 6.07) is 2.12. The molecule has 5 nitrogen and oxygen atoms in total. The third kappa shape index (κ3) is 2.15. The lowest BCUT2D eigenvalue weighted by atomic mass is 9.84. The van der Waals surface area contributed by atoms with Crippen molar-refractivity contribution >= 4 is 11.9 Å². The quantitative estimate of drug-likeness (QED) is 0.820. The van der Waals surface area contributed by atoms with Gasteiger partial charge in [0.15, 0.2) is 0 Å². The van der Waals surface area contributed by atoms with Crippen LogP contribution in [0, 0.1) is 23.7 Å². The first-order valence-corrected chi connectivity index (χ1v) is 6.71. The third-order valence-corrected chi connectivity index (χ3v) is 4.49. The van der Waals surface area contributed by atoms with E-state index in [1.165, 1.54) is 12.3 Å². The van der Waals surface area contributed by atoms with Crippen LogP contribution in [-0.2, 0) is 4.79 Å². The third-order valence-electron chi connectivity index (χ3n) is 4.49. The summed E-state index contributed by atoms with van der Waals surface area (Å²) in [4.78, 5) is 26.8. The Bertz CT molecular complexity index is 563. The largest absolute Gasteiger partial charge is 0.481 e. The summed E-state index contributed by atoms with van der Waals surface area (Å²) in [6.45, 7) is 0. The number of aliphatic carboxylic acids is 1. The van der Waals surface area contributed by atoms with Crippen molar-refractivity contribution in [1.29, 1.82) is 0 Å². The van der Waals surface area contributed by atoms with Gasteiger partial charge in [-0.1, -0.05) is 0 Å². The summed E-state index contributed by atoms with van der Waals surface area (Å²) in [6.07, 6.45) is 3.94. The average molecular weight is 278 g/mol. The molecule has 2 N–H and O–H groups in total. The number of rotatable bonds is 3. The Hall–Kier alpha value is -1.98. The van der Waals surface area contributed by atoms with Crippen LogP contribution in [0.15, 0.2) is 18.3 Å². The molecule has 4 atom stereocenters. The van der Waals surface area contributed by atoms with Gasteiger partial charge >= 0.3 is 5.97 Å². The molecule has 2 saturated carbocycles. The Morgan fingerprint density at radius 3 is 2.80 bits per heavy atom. The van der Waals surface area contributed by atoms with E-state index >= 15 is 0 Å². The second-order valence-corrected chi connectivity index (χ2v) is 5.56. The first-order valence-electron chi connectivity index (χ1n) is 6.71. The molecule has 0 saturated heterocycles. The lowest BCUT2D eigenvalue weighted by Gasteiger charge is -2.28. The highest BCUT2D eigenvalue weighted by molar-refractivity contribution is 5.94. The molecule has 1 heterocycles. The van der Waals surface area contributed by atoms with Gasteiger partial charge in [0.2, 0.25) is 5.95 Å². The van der Waals surface area contributed by atoms with Crippen LogP contribution in [0.3, 0.4) is 0 Å². The first kappa shape index (κ1) is 13.0. The average Bonchev–Trinajstić information content (AvgIpc) is 2.99. The van der Waals surface area contributed by atoms with Crippen LogP contribution in [0.4, 0.5) is 4.39 Å². The summed E-state index contributed by atoms with van der Waals surface area (Å²) >= 11 is 0. The Morgan fingerprint density at radius 2 is 2.10 bits per heavy atom. The van der Waals surface area contributed by atoms with E-state index in [4.69, 9.17) is 0 Å². The van der Waals surface area contributed by atoms with Gasteiger partial charge in [0, 0.05) is 23.9 Å². The highest BCUT2D eigenvalue weighted by Gasteiger charge is 2.51. The molecule has 0 aromatic carbocycles. The number of fused-ring (bicyclic) bond motifs is 2. The summed E-state index contributed by atoms with van der Waals surface area (Å²) in [5.74, 6) is -2.17. The number of pyridine rings is 1. The molecule has 1 amide bonds. The van der Waals surface area contributed by atoms with Crippen molar-refractivity contribution in [3.8, 4) is 0 Å². The van der Waals surface area contributed by atoms with Crippen LogP contribution in [0.2, 0.25) is 0 Å². The van der Waals surface area contributed by atoms with E-state index in [0.29, 0.717) is 0 Å². The van der Waals surface area contributed by atoms with Gasteiger partial charge in [-0.3, -0.25) is 9.59 Å². The zero-order valence-corrected chi connectivity index (χ0v) is 10.8. The minimum Gasteiger partial charge on any atom is -0.481 e. The maximum absolute atomic E-state index is 13.0. The van der Waals surface area contributed by atoms with Gasteiger partial charge in [0.1, 0.15) is 0 Å². The van der Waals surface area contributed by atoms with Crippen molar-refractivity contribution in [2.45, 2.75) is 25.3 Å². The number of hydrogen-bond acceptors (Lipinski definition) is 3. The van der Waals surface area contributed by atoms with Crippen molar-refractivity contribution in [3.63, 3.8) is 0 Å². The summed E-state index contributed by atoms with van der Waals surface area (Å²) in [7, 11) is 0. The van der Waals surface area contributed by atoms with E-state index in [9.17, 15) is 19.1 Å². The number of nitrogens with zero attached hydrogens (tertiary/aromatic N) is 1. The molecule has 6 heteroatoms. The minimum atomic E-state index is -0.858. The number of carbonyl (C=O) groups excluding carboxylic acids is 1. The molecule has 4 unspecified atom stereocenters. The van der Waals surface area contributed by atoms with E-state index in [1.807, 2.05) is 0 Å². The highest BCUT2D eigenvalue weighted by atomic mass is 19.1. The van der Waals surface area contributed by atoms with Gasteiger partial charge in [-0.25, -0.2) is 4.98 Å². The van der Waals surface area contributed by atoms with Crippen LogP contribution < -0.4 is 5.32 Å².